The Bertz CT molecular complexity index is 3310. The van der Waals surface area contributed by atoms with Crippen LogP contribution in [0.1, 0.15) is 49.5 Å². The summed E-state index contributed by atoms with van der Waals surface area (Å²) in [4.78, 5) is 11.9. The molecule has 0 saturated carbocycles. The SMILES string of the molecule is C=NC(C1C(=NCc2ccc(-c3ccccc3)c3ccccc23)Sc2ccccc21)n1c2ccccc2c2c3ccccc3c3c4ccc(C(C)(C)C)cc4sc3c21. The van der Waals surface area contributed by atoms with Crippen LogP contribution in [0.5, 0.6) is 0 Å². The van der Waals surface area contributed by atoms with E-state index in [1.807, 2.05) is 11.3 Å². The van der Waals surface area contributed by atoms with Crippen molar-refractivity contribution in [3.63, 3.8) is 0 Å². The van der Waals surface area contributed by atoms with Crippen molar-refractivity contribution in [2.24, 2.45) is 9.98 Å². The lowest BCUT2D eigenvalue weighted by atomic mass is 9.86. The number of aliphatic imine (C=N–C) groups is 2. The Morgan fingerprint density at radius 2 is 1.33 bits per heavy atom. The van der Waals surface area contributed by atoms with E-state index < -0.39 is 0 Å². The number of fused-ring (bicyclic) bond motifs is 12. The van der Waals surface area contributed by atoms with E-state index in [1.165, 1.54) is 90.7 Å². The van der Waals surface area contributed by atoms with E-state index in [2.05, 4.69) is 190 Å². The highest BCUT2D eigenvalue weighted by Crippen LogP contribution is 2.53. The quantitative estimate of drug-likeness (QED) is 0.154. The molecule has 280 valence electrons. The molecule has 2 aromatic heterocycles. The van der Waals surface area contributed by atoms with Crippen LogP contribution in [0.15, 0.2) is 173 Å². The van der Waals surface area contributed by atoms with E-state index in [1.54, 1.807) is 11.8 Å². The molecule has 5 heteroatoms. The molecule has 0 N–H and O–H groups in total. The zero-order chi connectivity index (χ0) is 39.1. The van der Waals surface area contributed by atoms with E-state index >= 15 is 0 Å². The van der Waals surface area contributed by atoms with Crippen LogP contribution in [0, 0.1) is 0 Å². The minimum atomic E-state index is -0.339. The third-order valence-electron chi connectivity index (χ3n) is 12.1. The number of rotatable bonds is 6. The first-order chi connectivity index (χ1) is 28.4. The first kappa shape index (κ1) is 35.2. The highest BCUT2D eigenvalue weighted by Gasteiger charge is 2.38. The van der Waals surface area contributed by atoms with Crippen molar-refractivity contribution < 1.29 is 0 Å². The third kappa shape index (κ3) is 5.40. The van der Waals surface area contributed by atoms with Crippen molar-refractivity contribution in [2.75, 3.05) is 0 Å². The predicted molar refractivity (Wildman–Crippen MR) is 253 cm³/mol. The van der Waals surface area contributed by atoms with Crippen molar-refractivity contribution in [2.45, 2.75) is 49.7 Å². The van der Waals surface area contributed by atoms with Crippen molar-refractivity contribution in [3.05, 3.63) is 174 Å². The molecular formula is C53H41N3S2. The fourth-order valence-electron chi connectivity index (χ4n) is 9.38. The number of hydrogen-bond acceptors (Lipinski definition) is 4. The average molecular weight is 784 g/mol. The number of aromatic nitrogens is 1. The number of nitrogens with zero attached hydrogens (tertiary/aromatic N) is 3. The van der Waals surface area contributed by atoms with Gasteiger partial charge in [-0.2, -0.15) is 0 Å². The molecule has 10 aromatic rings. The van der Waals surface area contributed by atoms with Gasteiger partial charge in [0.25, 0.3) is 0 Å². The maximum Gasteiger partial charge on any atom is 0.137 e. The van der Waals surface area contributed by atoms with Crippen molar-refractivity contribution in [1.82, 2.24) is 4.57 Å². The number of thioether (sulfide) groups is 1. The molecule has 0 bridgehead atoms. The third-order valence-corrected chi connectivity index (χ3v) is 14.5. The summed E-state index contributed by atoms with van der Waals surface area (Å²) < 4.78 is 5.12. The number of thiophene rings is 1. The van der Waals surface area contributed by atoms with E-state index in [4.69, 9.17) is 9.98 Å². The molecule has 0 saturated heterocycles. The molecule has 3 nitrogen and oxygen atoms in total. The summed E-state index contributed by atoms with van der Waals surface area (Å²) in [6.07, 6.45) is -0.339. The summed E-state index contributed by atoms with van der Waals surface area (Å²) in [6, 6.07) is 57.7. The van der Waals surface area contributed by atoms with Gasteiger partial charge in [-0.15, -0.1) is 11.3 Å². The molecule has 1 aliphatic rings. The molecule has 8 aromatic carbocycles. The van der Waals surface area contributed by atoms with Gasteiger partial charge in [-0.25, -0.2) is 0 Å². The van der Waals surface area contributed by atoms with Crippen LogP contribution in [0.3, 0.4) is 0 Å². The minimum absolute atomic E-state index is 0.0496. The minimum Gasteiger partial charge on any atom is -0.315 e. The van der Waals surface area contributed by atoms with E-state index in [9.17, 15) is 0 Å². The van der Waals surface area contributed by atoms with Crippen LogP contribution in [0.4, 0.5) is 0 Å². The van der Waals surface area contributed by atoms with Crippen LogP contribution in [0.25, 0.3) is 74.6 Å². The maximum absolute atomic E-state index is 5.54. The molecule has 2 atom stereocenters. The molecule has 1 aliphatic heterocycles. The molecule has 11 rings (SSSR count). The van der Waals surface area contributed by atoms with E-state index in [0.717, 1.165) is 10.6 Å². The molecule has 0 aliphatic carbocycles. The highest BCUT2D eigenvalue weighted by atomic mass is 32.2. The fourth-order valence-corrected chi connectivity index (χ4v) is 11.9. The van der Waals surface area contributed by atoms with Gasteiger partial charge in [-0.05, 0) is 79.7 Å². The number of hydrogen-bond donors (Lipinski definition) is 0. The maximum atomic E-state index is 5.54. The average Bonchev–Trinajstić information content (AvgIpc) is 3.93. The zero-order valence-electron chi connectivity index (χ0n) is 32.7. The molecule has 0 fully saturated rings. The Balaban J connectivity index is 1.14. The predicted octanol–water partition coefficient (Wildman–Crippen LogP) is 15.1. The number of para-hydroxylation sites is 1. The lowest BCUT2D eigenvalue weighted by Gasteiger charge is -2.25. The summed E-state index contributed by atoms with van der Waals surface area (Å²) in [6.45, 7) is 11.8. The molecule has 0 amide bonds. The van der Waals surface area contributed by atoms with Gasteiger partial charge in [0.2, 0.25) is 0 Å². The van der Waals surface area contributed by atoms with Gasteiger partial charge in [0, 0.05) is 31.1 Å². The van der Waals surface area contributed by atoms with Crippen LogP contribution in [-0.4, -0.2) is 16.3 Å². The standard InChI is InChI=1S/C53H41N3S2/c1-53(2,3)34-27-29-42-45(30-34)57-50-47(42)39-21-11-10-20-38(39)46-40-22-12-14-24-43(40)56(49(46)50)51(54-4)48-41-23-13-15-25-44(41)58-52(48)55-31-33-26-28-36(32-16-6-5-7-17-32)37-19-9-8-18-35(33)37/h5-30,48,51H,4,31H2,1-3H3. The summed E-state index contributed by atoms with van der Waals surface area (Å²) in [5, 5.41) is 11.2. The highest BCUT2D eigenvalue weighted by molar-refractivity contribution is 8.14. The van der Waals surface area contributed by atoms with Crippen molar-refractivity contribution >= 4 is 98.4 Å². The molecule has 3 heterocycles. The zero-order valence-corrected chi connectivity index (χ0v) is 34.4. The topological polar surface area (TPSA) is 29.6 Å². The Morgan fingerprint density at radius 1 is 0.655 bits per heavy atom. The van der Waals surface area contributed by atoms with Crippen molar-refractivity contribution in [3.8, 4) is 11.1 Å². The Kier molecular flexibility index (Phi) is 8.22. The fraction of sp³-hybridized carbons (Fsp3) is 0.132. The molecule has 2 unspecified atom stereocenters. The molecule has 0 radical (unpaired) electrons. The first-order valence-corrected chi connectivity index (χ1v) is 21.7. The summed E-state index contributed by atoms with van der Waals surface area (Å²) in [7, 11) is 0. The molecule has 0 spiro atoms. The van der Waals surface area contributed by atoms with Crippen LogP contribution in [0.2, 0.25) is 0 Å². The second-order valence-corrected chi connectivity index (χ2v) is 18.6. The lowest BCUT2D eigenvalue weighted by molar-refractivity contribution is 0.527. The van der Waals surface area contributed by atoms with E-state index in [0.29, 0.717) is 6.54 Å². The van der Waals surface area contributed by atoms with E-state index in [-0.39, 0.29) is 17.5 Å². The van der Waals surface area contributed by atoms with Crippen LogP contribution >= 0.6 is 23.1 Å². The van der Waals surface area contributed by atoms with Gasteiger partial charge in [0.15, 0.2) is 0 Å². The van der Waals surface area contributed by atoms with Crippen LogP contribution in [-0.2, 0) is 12.0 Å². The smallest absolute Gasteiger partial charge is 0.137 e. The first-order valence-electron chi connectivity index (χ1n) is 20.0. The second kappa shape index (κ2) is 13.5. The van der Waals surface area contributed by atoms with Crippen molar-refractivity contribution in [1.29, 1.82) is 0 Å². The van der Waals surface area contributed by atoms with Gasteiger partial charge in [-0.1, -0.05) is 172 Å². The normalized spacial score (nSPS) is 15.7. The van der Waals surface area contributed by atoms with Gasteiger partial charge >= 0.3 is 0 Å². The second-order valence-electron chi connectivity index (χ2n) is 16.5. The Labute approximate surface area is 346 Å². The molecule has 58 heavy (non-hydrogen) atoms. The summed E-state index contributed by atoms with van der Waals surface area (Å²) in [5.41, 5.74) is 8.71. The van der Waals surface area contributed by atoms with Crippen LogP contribution < -0.4 is 0 Å². The van der Waals surface area contributed by atoms with Gasteiger partial charge < -0.3 is 4.57 Å². The Morgan fingerprint density at radius 3 is 2.10 bits per heavy atom. The number of benzene rings is 8. The lowest BCUT2D eigenvalue weighted by Crippen LogP contribution is -2.19. The molecular weight excluding hydrogens is 743 g/mol. The van der Waals surface area contributed by atoms with Gasteiger partial charge in [0.05, 0.1) is 33.2 Å². The largest absolute Gasteiger partial charge is 0.315 e. The summed E-state index contributed by atoms with van der Waals surface area (Å²) >= 11 is 3.70. The van der Waals surface area contributed by atoms with Gasteiger partial charge in [-0.3, -0.25) is 9.98 Å². The van der Waals surface area contributed by atoms with Gasteiger partial charge in [0.1, 0.15) is 6.17 Å². The monoisotopic (exact) mass is 783 g/mol. The summed E-state index contributed by atoms with van der Waals surface area (Å²) in [5.74, 6) is -0.115. The Hall–Kier alpha value is -6.01.